The minimum atomic E-state index is -1.49. The summed E-state index contributed by atoms with van der Waals surface area (Å²) >= 11 is 0. The Kier molecular flexibility index (Phi) is 8.27. The van der Waals surface area contributed by atoms with Crippen molar-refractivity contribution >= 4 is 30.8 Å². The molecular weight excluding hydrogens is 502 g/mol. The summed E-state index contributed by atoms with van der Waals surface area (Å²) in [5.74, 6) is 2.51. The summed E-state index contributed by atoms with van der Waals surface area (Å²) < 4.78 is 22.8. The first-order valence-corrected chi connectivity index (χ1v) is 16.2. The Morgan fingerprint density at radius 2 is 1.87 bits per heavy atom. The van der Waals surface area contributed by atoms with Crippen molar-refractivity contribution in [1.29, 1.82) is 0 Å². The van der Waals surface area contributed by atoms with Gasteiger partial charge in [0, 0.05) is 19.2 Å². The van der Waals surface area contributed by atoms with E-state index < -0.39 is 8.07 Å². The number of methoxy groups -OCH3 is 2. The lowest BCUT2D eigenvalue weighted by Crippen LogP contribution is -2.37. The molecule has 10 nitrogen and oxygen atoms in total. The summed E-state index contributed by atoms with van der Waals surface area (Å²) in [4.78, 5) is 24.0. The van der Waals surface area contributed by atoms with Crippen molar-refractivity contribution in [2.75, 3.05) is 44.1 Å². The van der Waals surface area contributed by atoms with Gasteiger partial charge in [0.05, 0.1) is 28.7 Å². The number of hydrogen-bond donors (Lipinski definition) is 2. The van der Waals surface area contributed by atoms with Crippen LogP contribution in [0.1, 0.15) is 17.7 Å². The fraction of sp³-hybridized carbons (Fsp3) is 0.444. The summed E-state index contributed by atoms with van der Waals surface area (Å²) in [7, 11) is 1.49. The number of aryl methyl sites for hydroxylation is 1. The number of anilines is 2. The molecule has 3 heterocycles. The maximum absolute atomic E-state index is 12.9. The Labute approximate surface area is 224 Å². The molecule has 3 N–H and O–H groups in total. The lowest BCUT2D eigenvalue weighted by Gasteiger charge is -2.19. The van der Waals surface area contributed by atoms with Crippen LogP contribution in [0.4, 0.5) is 11.6 Å². The van der Waals surface area contributed by atoms with Crippen LogP contribution in [0.2, 0.25) is 19.6 Å². The molecule has 1 aromatic carbocycles. The number of nitrogens with one attached hydrogen (secondary N) is 1. The van der Waals surface area contributed by atoms with E-state index in [2.05, 4.69) is 53.1 Å². The summed E-state index contributed by atoms with van der Waals surface area (Å²) in [6.45, 7) is 11.0. The highest BCUT2D eigenvalue weighted by atomic mass is 28.3. The molecule has 1 unspecified atom stereocenters. The molecule has 0 bridgehead atoms. The second-order valence-electron chi connectivity index (χ2n) is 10.5. The number of nitrogens with zero attached hydrogens (tertiary/aromatic N) is 3. The quantitative estimate of drug-likeness (QED) is 0.371. The van der Waals surface area contributed by atoms with Gasteiger partial charge in [-0.25, -0.2) is 0 Å². The fourth-order valence-corrected chi connectivity index (χ4v) is 5.44. The molecule has 0 saturated carbocycles. The Hall–Kier alpha value is -3.57. The largest absolute Gasteiger partial charge is 0.479 e. The molecule has 3 aromatic rings. The molecule has 1 aliphatic rings. The molecule has 1 fully saturated rings. The van der Waals surface area contributed by atoms with Gasteiger partial charge in [-0.3, -0.25) is 4.79 Å². The van der Waals surface area contributed by atoms with E-state index in [0.717, 1.165) is 30.8 Å². The van der Waals surface area contributed by atoms with E-state index in [1.807, 2.05) is 11.8 Å². The van der Waals surface area contributed by atoms with Gasteiger partial charge in [0.25, 0.3) is 5.95 Å². The number of carbonyl (C=O) groups excluding carboxylic acids is 1. The first kappa shape index (κ1) is 27.5. The lowest BCUT2D eigenvalue weighted by molar-refractivity contribution is -0.115. The molecule has 38 heavy (non-hydrogen) atoms. The third-order valence-corrected chi connectivity index (χ3v) is 8.66. The number of nitrogens with two attached hydrogens (primary N) is 1. The van der Waals surface area contributed by atoms with Crippen LogP contribution in [0.15, 0.2) is 34.7 Å². The van der Waals surface area contributed by atoms with E-state index in [1.165, 1.54) is 19.4 Å². The predicted octanol–water partition coefficient (Wildman–Crippen LogP) is 3.70. The number of rotatable bonds is 10. The van der Waals surface area contributed by atoms with Gasteiger partial charge in [-0.1, -0.05) is 37.0 Å². The summed E-state index contributed by atoms with van der Waals surface area (Å²) in [6, 6.07) is 9.74. The molecule has 1 atom stereocenters. The number of amides is 1. The Morgan fingerprint density at radius 3 is 2.47 bits per heavy atom. The van der Waals surface area contributed by atoms with E-state index in [-0.39, 0.29) is 29.8 Å². The zero-order valence-electron chi connectivity index (χ0n) is 23.0. The number of furan rings is 1. The highest BCUT2D eigenvalue weighted by molar-refractivity contribution is 6.88. The van der Waals surface area contributed by atoms with Crippen molar-refractivity contribution in [3.8, 4) is 23.5 Å². The van der Waals surface area contributed by atoms with Crippen LogP contribution in [0.3, 0.4) is 0 Å². The van der Waals surface area contributed by atoms with Crippen LogP contribution in [0.5, 0.6) is 23.5 Å². The van der Waals surface area contributed by atoms with Crippen LogP contribution in [0, 0.1) is 12.8 Å². The van der Waals surface area contributed by atoms with Crippen molar-refractivity contribution < 1.29 is 23.4 Å². The maximum atomic E-state index is 12.9. The van der Waals surface area contributed by atoms with Gasteiger partial charge in [-0.2, -0.15) is 9.97 Å². The van der Waals surface area contributed by atoms with Gasteiger partial charge in [-0.15, -0.1) is 0 Å². The molecular formula is C27H37N5O5Si. The Bertz CT molecular complexity index is 1260. The van der Waals surface area contributed by atoms with Crippen LogP contribution < -0.4 is 35.3 Å². The first-order valence-electron chi connectivity index (χ1n) is 12.7. The molecule has 204 valence electrons. The topological polar surface area (TPSA) is 125 Å². The molecule has 4 rings (SSSR count). The van der Waals surface area contributed by atoms with Crippen LogP contribution >= 0.6 is 0 Å². The van der Waals surface area contributed by atoms with Gasteiger partial charge in [-0.05, 0) is 43.5 Å². The number of carbonyl (C=O) groups is 1. The molecule has 2 aromatic heterocycles. The van der Waals surface area contributed by atoms with Crippen molar-refractivity contribution in [2.24, 2.45) is 11.7 Å². The average Bonchev–Trinajstić information content (AvgIpc) is 3.54. The second kappa shape index (κ2) is 11.4. The first-order chi connectivity index (χ1) is 18.1. The lowest BCUT2D eigenvalue weighted by atomic mass is 10.1. The zero-order chi connectivity index (χ0) is 27.4. The van der Waals surface area contributed by atoms with Crippen molar-refractivity contribution in [3.05, 3.63) is 41.7 Å². The van der Waals surface area contributed by atoms with Gasteiger partial charge < -0.3 is 34.6 Å². The van der Waals surface area contributed by atoms with Gasteiger partial charge in [0.2, 0.25) is 23.6 Å². The van der Waals surface area contributed by atoms with Crippen LogP contribution in [-0.4, -0.2) is 57.8 Å². The third kappa shape index (κ3) is 6.28. The zero-order valence-corrected chi connectivity index (χ0v) is 24.0. The van der Waals surface area contributed by atoms with Crippen molar-refractivity contribution in [3.63, 3.8) is 0 Å². The Morgan fingerprint density at radius 1 is 1.16 bits per heavy atom. The number of aromatic nitrogens is 2. The molecule has 0 spiro atoms. The Balaban J connectivity index is 1.45. The van der Waals surface area contributed by atoms with Gasteiger partial charge >= 0.3 is 0 Å². The molecule has 0 aliphatic carbocycles. The SMILES string of the molecule is COc1nc(N2CCC(CN)C2)nc(OC)c1NC(=O)Cc1ccc(Oc2cc([Si](C)(C)C)ccc2C)o1. The number of ether oxygens (including phenoxy) is 3. The van der Waals surface area contributed by atoms with Gasteiger partial charge in [0.1, 0.15) is 11.5 Å². The second-order valence-corrected chi connectivity index (χ2v) is 15.6. The molecule has 1 aliphatic heterocycles. The van der Waals surface area contributed by atoms with E-state index in [1.54, 1.807) is 12.1 Å². The van der Waals surface area contributed by atoms with E-state index in [9.17, 15) is 4.79 Å². The maximum Gasteiger partial charge on any atom is 0.290 e. The monoisotopic (exact) mass is 539 g/mol. The normalized spacial score (nSPS) is 15.4. The van der Waals surface area contributed by atoms with E-state index in [4.69, 9.17) is 24.4 Å². The summed E-state index contributed by atoms with van der Waals surface area (Å²) in [5, 5.41) is 4.11. The standard InChI is InChI=1S/C27H37N5O5Si/c1-17-7-9-20(38(4,5)6)14-21(17)37-23-10-8-19(36-23)13-22(33)29-24-25(34-2)30-27(31-26(24)35-3)32-12-11-18(15-28)16-32/h7-10,14,18H,11-13,15-16,28H2,1-6H3,(H,29,33). The predicted molar refractivity (Wildman–Crippen MR) is 150 cm³/mol. The van der Waals surface area contributed by atoms with Crippen molar-refractivity contribution in [1.82, 2.24) is 9.97 Å². The molecule has 1 amide bonds. The van der Waals surface area contributed by atoms with Crippen LogP contribution in [-0.2, 0) is 11.2 Å². The van der Waals surface area contributed by atoms with E-state index >= 15 is 0 Å². The highest BCUT2D eigenvalue weighted by Crippen LogP contribution is 2.35. The summed E-state index contributed by atoms with van der Waals surface area (Å²) in [6.07, 6.45) is 0.955. The van der Waals surface area contributed by atoms with Crippen molar-refractivity contribution in [2.45, 2.75) is 39.4 Å². The smallest absolute Gasteiger partial charge is 0.290 e. The number of hydrogen-bond acceptors (Lipinski definition) is 9. The number of benzene rings is 1. The summed E-state index contributed by atoms with van der Waals surface area (Å²) in [5.41, 5.74) is 7.09. The van der Waals surface area contributed by atoms with Gasteiger partial charge in [0.15, 0.2) is 5.69 Å². The highest BCUT2D eigenvalue weighted by Gasteiger charge is 2.27. The fourth-order valence-electron chi connectivity index (χ4n) is 4.30. The van der Waals surface area contributed by atoms with Crippen LogP contribution in [0.25, 0.3) is 0 Å². The average molecular weight is 540 g/mol. The molecule has 1 saturated heterocycles. The minimum Gasteiger partial charge on any atom is -0.479 e. The minimum absolute atomic E-state index is 0.0182. The third-order valence-electron chi connectivity index (χ3n) is 6.62. The van der Waals surface area contributed by atoms with E-state index in [0.29, 0.717) is 30.1 Å². The molecule has 11 heteroatoms. The molecule has 0 radical (unpaired) electrons.